The third-order valence-electron chi connectivity index (χ3n) is 4.58. The van der Waals surface area contributed by atoms with Crippen molar-refractivity contribution in [3.05, 3.63) is 40.3 Å². The Morgan fingerprint density at radius 1 is 1.50 bits per heavy atom. The lowest BCUT2D eigenvalue weighted by Crippen LogP contribution is -2.24. The molecule has 0 unspecified atom stereocenters. The molecule has 1 aliphatic carbocycles. The quantitative estimate of drug-likeness (QED) is 0.878. The third-order valence-corrected chi connectivity index (χ3v) is 4.58. The monoisotopic (exact) mass is 327 g/mol. The van der Waals surface area contributed by atoms with E-state index < -0.39 is 11.9 Å². The van der Waals surface area contributed by atoms with Gasteiger partial charge in [0.05, 0.1) is 11.1 Å². The molecule has 1 atom stereocenters. The van der Waals surface area contributed by atoms with Gasteiger partial charge in [-0.3, -0.25) is 0 Å². The van der Waals surface area contributed by atoms with Crippen molar-refractivity contribution in [3.63, 3.8) is 0 Å². The number of carbonyl (C=O) groups is 1. The highest BCUT2D eigenvalue weighted by molar-refractivity contribution is 5.98. The zero-order chi connectivity index (χ0) is 17.4. The molecule has 0 saturated heterocycles. The van der Waals surface area contributed by atoms with Gasteiger partial charge in [-0.2, -0.15) is 5.26 Å². The number of aromatic nitrogens is 1. The Hall–Kier alpha value is -2.81. The van der Waals surface area contributed by atoms with E-state index in [-0.39, 0.29) is 11.7 Å². The number of ether oxygens (including phenoxy) is 1. The summed E-state index contributed by atoms with van der Waals surface area (Å²) >= 11 is 0. The van der Waals surface area contributed by atoms with Crippen molar-refractivity contribution < 1.29 is 13.9 Å². The van der Waals surface area contributed by atoms with E-state index in [1.54, 1.807) is 0 Å². The van der Waals surface area contributed by atoms with E-state index in [9.17, 15) is 14.4 Å². The maximum atomic E-state index is 14.8. The third kappa shape index (κ3) is 2.62. The lowest BCUT2D eigenvalue weighted by Gasteiger charge is -2.23. The van der Waals surface area contributed by atoms with Gasteiger partial charge in [0.15, 0.2) is 0 Å². The highest BCUT2D eigenvalue weighted by Crippen LogP contribution is 2.38. The molecule has 1 aromatic carbocycles. The second-order valence-electron chi connectivity index (χ2n) is 6.09. The number of benzene rings is 1. The molecule has 3 rings (SSSR count). The fourth-order valence-electron chi connectivity index (χ4n) is 3.37. The van der Waals surface area contributed by atoms with E-state index in [1.807, 2.05) is 26.0 Å². The van der Waals surface area contributed by atoms with Crippen molar-refractivity contribution in [2.45, 2.75) is 39.2 Å². The van der Waals surface area contributed by atoms with Crippen molar-refractivity contribution >= 4 is 22.6 Å². The van der Waals surface area contributed by atoms with E-state index in [4.69, 9.17) is 10.5 Å². The van der Waals surface area contributed by atoms with Gasteiger partial charge >= 0.3 is 6.09 Å². The number of amides is 1. The maximum Gasteiger partial charge on any atom is 0.404 e. The standard InChI is InChI=1S/C18H18FN3O2/c1-9-10(2)22-17-12(8-20)7-14(19)16(15(9)17)11-4-3-5-13(6-11)24-18(21)23/h4,7,13,22H,3,5-6H2,1-2H3,(H2,21,23)/t13-/m0/s1. The number of H-pyrrole nitrogens is 1. The molecule has 0 radical (unpaired) electrons. The average molecular weight is 327 g/mol. The van der Waals surface area contributed by atoms with Gasteiger partial charge in [-0.1, -0.05) is 6.08 Å². The number of aryl methyl sites for hydroxylation is 2. The number of fused-ring (bicyclic) bond motifs is 1. The molecular weight excluding hydrogens is 309 g/mol. The molecule has 0 aliphatic heterocycles. The summed E-state index contributed by atoms with van der Waals surface area (Å²) in [4.78, 5) is 14.2. The van der Waals surface area contributed by atoms with E-state index >= 15 is 0 Å². The second kappa shape index (κ2) is 6.00. The summed E-state index contributed by atoms with van der Waals surface area (Å²) in [6, 6.07) is 3.30. The van der Waals surface area contributed by atoms with Crippen molar-refractivity contribution in [2.75, 3.05) is 0 Å². The first-order valence-corrected chi connectivity index (χ1v) is 7.79. The summed E-state index contributed by atoms with van der Waals surface area (Å²) in [6.45, 7) is 3.80. The number of aromatic amines is 1. The Labute approximate surface area is 138 Å². The Bertz CT molecular complexity index is 905. The number of hydrogen-bond donors (Lipinski definition) is 2. The molecule has 5 nitrogen and oxygen atoms in total. The van der Waals surface area contributed by atoms with Crippen LogP contribution in [0.4, 0.5) is 9.18 Å². The van der Waals surface area contributed by atoms with E-state index in [0.717, 1.165) is 22.2 Å². The van der Waals surface area contributed by atoms with Crippen LogP contribution in [-0.2, 0) is 4.74 Å². The minimum atomic E-state index is -0.819. The molecule has 1 heterocycles. The number of nitriles is 1. The minimum absolute atomic E-state index is 0.281. The number of primary amides is 1. The summed E-state index contributed by atoms with van der Waals surface area (Å²) in [7, 11) is 0. The van der Waals surface area contributed by atoms with Crippen LogP contribution in [0.1, 0.15) is 41.6 Å². The van der Waals surface area contributed by atoms with E-state index in [1.165, 1.54) is 6.07 Å². The van der Waals surface area contributed by atoms with Gasteiger partial charge in [-0.05, 0) is 43.9 Å². The SMILES string of the molecule is Cc1[nH]c2c(C#N)cc(F)c(C3=CCC[C@H](OC(N)=O)C3)c2c1C. The molecule has 0 bridgehead atoms. The predicted octanol–water partition coefficient (Wildman–Crippen LogP) is 3.83. The van der Waals surface area contributed by atoms with Crippen LogP contribution in [0.5, 0.6) is 0 Å². The molecule has 0 saturated carbocycles. The Morgan fingerprint density at radius 3 is 2.92 bits per heavy atom. The van der Waals surface area contributed by atoms with Crippen molar-refractivity contribution in [1.29, 1.82) is 5.26 Å². The van der Waals surface area contributed by atoms with Crippen LogP contribution < -0.4 is 5.73 Å². The van der Waals surface area contributed by atoms with Gasteiger partial charge in [0.25, 0.3) is 0 Å². The fraction of sp³-hybridized carbons (Fsp3) is 0.333. The number of nitrogens with two attached hydrogens (primary N) is 1. The zero-order valence-electron chi connectivity index (χ0n) is 13.6. The number of nitrogens with one attached hydrogen (secondary N) is 1. The molecule has 2 aromatic rings. The number of halogens is 1. The number of carbonyl (C=O) groups excluding carboxylic acids is 1. The van der Waals surface area contributed by atoms with Crippen molar-refractivity contribution in [2.24, 2.45) is 5.73 Å². The largest absolute Gasteiger partial charge is 0.446 e. The topological polar surface area (TPSA) is 91.9 Å². The van der Waals surface area contributed by atoms with Gasteiger partial charge < -0.3 is 15.5 Å². The molecule has 24 heavy (non-hydrogen) atoms. The molecule has 6 heteroatoms. The Morgan fingerprint density at radius 2 is 2.25 bits per heavy atom. The van der Waals surface area contributed by atoms with Crippen LogP contribution in [0.15, 0.2) is 12.1 Å². The molecule has 0 spiro atoms. The van der Waals surface area contributed by atoms with Crippen LogP contribution in [0.25, 0.3) is 16.5 Å². The van der Waals surface area contributed by atoms with Crippen molar-refractivity contribution in [1.82, 2.24) is 4.98 Å². The van der Waals surface area contributed by atoms with E-state index in [2.05, 4.69) is 4.98 Å². The first kappa shape index (κ1) is 16.1. The zero-order valence-corrected chi connectivity index (χ0v) is 13.6. The van der Waals surface area contributed by atoms with Crippen LogP contribution in [0.2, 0.25) is 0 Å². The van der Waals surface area contributed by atoms with Crippen molar-refractivity contribution in [3.8, 4) is 6.07 Å². The number of allylic oxidation sites excluding steroid dienone is 1. The molecule has 3 N–H and O–H groups in total. The smallest absolute Gasteiger partial charge is 0.404 e. The number of hydrogen-bond acceptors (Lipinski definition) is 3. The van der Waals surface area contributed by atoms with Gasteiger partial charge in [-0.25, -0.2) is 9.18 Å². The van der Waals surface area contributed by atoms with Crippen LogP contribution in [-0.4, -0.2) is 17.2 Å². The Balaban J connectivity index is 2.16. The molecule has 1 amide bonds. The molecule has 0 fully saturated rings. The van der Waals surface area contributed by atoms with Gasteiger partial charge in [0.1, 0.15) is 18.0 Å². The summed E-state index contributed by atoms with van der Waals surface area (Å²) in [5, 5.41) is 10.00. The van der Waals surface area contributed by atoms with Crippen LogP contribution in [0, 0.1) is 31.0 Å². The first-order valence-electron chi connectivity index (χ1n) is 7.79. The first-order chi connectivity index (χ1) is 11.4. The van der Waals surface area contributed by atoms with E-state index in [0.29, 0.717) is 30.3 Å². The normalized spacial score (nSPS) is 17.4. The predicted molar refractivity (Wildman–Crippen MR) is 88.7 cm³/mol. The lowest BCUT2D eigenvalue weighted by molar-refractivity contribution is 0.103. The maximum absolute atomic E-state index is 14.8. The molecule has 1 aliphatic rings. The van der Waals surface area contributed by atoms with Gasteiger partial charge in [-0.15, -0.1) is 0 Å². The fourth-order valence-corrected chi connectivity index (χ4v) is 3.37. The summed E-state index contributed by atoms with van der Waals surface area (Å²) in [6.07, 6.45) is 2.54. The molecule has 1 aromatic heterocycles. The molecule has 124 valence electrons. The second-order valence-corrected chi connectivity index (χ2v) is 6.09. The summed E-state index contributed by atoms with van der Waals surface area (Å²) in [5.41, 5.74) is 9.08. The number of nitrogens with zero attached hydrogens (tertiary/aromatic N) is 1. The molecular formula is C18H18FN3O2. The highest BCUT2D eigenvalue weighted by Gasteiger charge is 2.25. The Kier molecular flexibility index (Phi) is 4.02. The average Bonchev–Trinajstić information content (AvgIpc) is 2.82. The minimum Gasteiger partial charge on any atom is -0.446 e. The van der Waals surface area contributed by atoms with Gasteiger partial charge in [0, 0.05) is 23.1 Å². The lowest BCUT2D eigenvalue weighted by atomic mass is 9.88. The number of rotatable bonds is 2. The van der Waals surface area contributed by atoms with Crippen LogP contribution in [0.3, 0.4) is 0 Å². The van der Waals surface area contributed by atoms with Gasteiger partial charge in [0.2, 0.25) is 0 Å². The van der Waals surface area contributed by atoms with Crippen LogP contribution >= 0.6 is 0 Å². The summed E-state index contributed by atoms with van der Waals surface area (Å²) in [5.74, 6) is -0.438. The highest BCUT2D eigenvalue weighted by atomic mass is 19.1. The summed E-state index contributed by atoms with van der Waals surface area (Å²) < 4.78 is 19.9.